The number of non-ortho nitro benzene ring substituents is 1. The Morgan fingerprint density at radius 3 is 2.58 bits per heavy atom. The Morgan fingerprint density at radius 1 is 1.35 bits per heavy atom. The number of carbonyl (C=O) groups is 2. The number of hydrogen-bond acceptors (Lipinski definition) is 5. The number of nitrogens with zero attached hydrogens (tertiary/aromatic N) is 2. The number of nitro benzene ring substituents is 1. The van der Waals surface area contributed by atoms with E-state index in [-0.39, 0.29) is 48.9 Å². The molecule has 2 atom stereocenters. The Hall–Kier alpha value is -2.19. The summed E-state index contributed by atoms with van der Waals surface area (Å²) >= 11 is 0. The van der Waals surface area contributed by atoms with Crippen LogP contribution in [-0.2, 0) is 4.79 Å². The lowest BCUT2D eigenvalue weighted by atomic mass is 9.92. The number of likely N-dealkylation sites (tertiary alicyclic amines) is 1. The molecule has 26 heavy (non-hydrogen) atoms. The molecule has 1 aromatic rings. The van der Waals surface area contributed by atoms with Gasteiger partial charge < -0.3 is 16.0 Å². The number of rotatable bonds is 6. The summed E-state index contributed by atoms with van der Waals surface area (Å²) in [7, 11) is 0. The second-order valence-corrected chi connectivity index (χ2v) is 6.42. The van der Waals surface area contributed by atoms with E-state index in [2.05, 4.69) is 12.2 Å². The minimum atomic E-state index is -0.520. The van der Waals surface area contributed by atoms with Gasteiger partial charge in [0.1, 0.15) is 0 Å². The smallest absolute Gasteiger partial charge is 0.269 e. The zero-order valence-corrected chi connectivity index (χ0v) is 15.5. The highest BCUT2D eigenvalue weighted by Crippen LogP contribution is 2.22. The number of amides is 2. The third-order valence-corrected chi connectivity index (χ3v) is 4.54. The highest BCUT2D eigenvalue weighted by Gasteiger charge is 2.28. The van der Waals surface area contributed by atoms with Gasteiger partial charge in [0.25, 0.3) is 11.6 Å². The fraction of sp³-hybridized carbons (Fsp3) is 0.529. The first-order chi connectivity index (χ1) is 11.9. The minimum absolute atomic E-state index is 0. The average Bonchev–Trinajstić information content (AvgIpc) is 2.61. The molecule has 1 aliphatic rings. The van der Waals surface area contributed by atoms with Crippen LogP contribution >= 0.6 is 12.4 Å². The van der Waals surface area contributed by atoms with Gasteiger partial charge >= 0.3 is 0 Å². The fourth-order valence-electron chi connectivity index (χ4n) is 3.07. The number of benzene rings is 1. The van der Waals surface area contributed by atoms with Gasteiger partial charge in [-0.15, -0.1) is 12.4 Å². The van der Waals surface area contributed by atoms with E-state index in [0.717, 1.165) is 12.8 Å². The summed E-state index contributed by atoms with van der Waals surface area (Å²) in [6.07, 6.45) is 2.10. The van der Waals surface area contributed by atoms with Crippen LogP contribution in [0.15, 0.2) is 24.3 Å². The molecule has 2 unspecified atom stereocenters. The highest BCUT2D eigenvalue weighted by molar-refractivity contribution is 5.94. The van der Waals surface area contributed by atoms with Gasteiger partial charge in [0.2, 0.25) is 5.91 Å². The quantitative estimate of drug-likeness (QED) is 0.571. The van der Waals surface area contributed by atoms with Crippen LogP contribution in [0.3, 0.4) is 0 Å². The lowest BCUT2D eigenvalue weighted by molar-refractivity contribution is -0.384. The average molecular weight is 385 g/mol. The molecule has 1 aliphatic heterocycles. The van der Waals surface area contributed by atoms with Gasteiger partial charge in [0.05, 0.1) is 4.92 Å². The van der Waals surface area contributed by atoms with Crippen molar-refractivity contribution in [3.63, 3.8) is 0 Å². The number of nitrogens with two attached hydrogens (primary N) is 1. The van der Waals surface area contributed by atoms with Crippen LogP contribution in [0, 0.1) is 16.0 Å². The molecular formula is C17H25ClN4O4. The molecule has 144 valence electrons. The molecule has 0 bridgehead atoms. The first-order valence-corrected chi connectivity index (χ1v) is 8.44. The normalized spacial score (nSPS) is 19.4. The van der Waals surface area contributed by atoms with Crippen molar-refractivity contribution in [2.45, 2.75) is 32.2 Å². The molecule has 1 saturated heterocycles. The molecule has 1 aromatic carbocycles. The van der Waals surface area contributed by atoms with E-state index in [0.29, 0.717) is 24.6 Å². The van der Waals surface area contributed by atoms with E-state index in [1.807, 2.05) is 4.90 Å². The van der Waals surface area contributed by atoms with Crippen LogP contribution in [0.25, 0.3) is 0 Å². The Labute approximate surface area is 158 Å². The molecule has 0 saturated carbocycles. The molecular weight excluding hydrogens is 360 g/mol. The molecule has 1 heterocycles. The van der Waals surface area contributed by atoms with E-state index >= 15 is 0 Å². The summed E-state index contributed by atoms with van der Waals surface area (Å²) in [6, 6.07) is 5.42. The third kappa shape index (κ3) is 5.67. The van der Waals surface area contributed by atoms with Gasteiger partial charge in [-0.2, -0.15) is 0 Å². The second kappa shape index (κ2) is 10.1. The van der Waals surface area contributed by atoms with Crippen molar-refractivity contribution < 1.29 is 14.5 Å². The van der Waals surface area contributed by atoms with Crippen LogP contribution in [0.4, 0.5) is 5.69 Å². The third-order valence-electron chi connectivity index (χ3n) is 4.54. The summed E-state index contributed by atoms with van der Waals surface area (Å²) in [6.45, 7) is 3.54. The molecule has 0 aliphatic carbocycles. The molecule has 0 radical (unpaired) electrons. The van der Waals surface area contributed by atoms with Crippen molar-refractivity contribution in [2.24, 2.45) is 11.7 Å². The van der Waals surface area contributed by atoms with Crippen LogP contribution in [0.5, 0.6) is 0 Å². The van der Waals surface area contributed by atoms with Crippen LogP contribution in [0.1, 0.15) is 36.5 Å². The largest absolute Gasteiger partial charge is 0.352 e. The molecule has 8 nitrogen and oxygen atoms in total. The number of carbonyl (C=O) groups excluding carboxylic acids is 2. The Morgan fingerprint density at radius 2 is 2.00 bits per heavy atom. The lowest BCUT2D eigenvalue weighted by Gasteiger charge is -2.38. The fourth-order valence-corrected chi connectivity index (χ4v) is 3.07. The minimum Gasteiger partial charge on any atom is -0.352 e. The van der Waals surface area contributed by atoms with Crippen molar-refractivity contribution in [2.75, 3.05) is 19.6 Å². The summed E-state index contributed by atoms with van der Waals surface area (Å²) in [5.41, 5.74) is 6.02. The van der Waals surface area contributed by atoms with Crippen molar-refractivity contribution >= 4 is 29.9 Å². The van der Waals surface area contributed by atoms with Gasteiger partial charge in [-0.1, -0.05) is 6.92 Å². The van der Waals surface area contributed by atoms with Gasteiger partial charge in [-0.3, -0.25) is 19.7 Å². The predicted octanol–water partition coefficient (Wildman–Crippen LogP) is 1.72. The van der Waals surface area contributed by atoms with Gasteiger partial charge in [0, 0.05) is 49.8 Å². The number of nitro groups is 1. The molecule has 2 rings (SSSR count). The maximum Gasteiger partial charge on any atom is 0.269 e. The molecule has 0 spiro atoms. The van der Waals surface area contributed by atoms with Gasteiger partial charge in [-0.25, -0.2) is 0 Å². The lowest BCUT2D eigenvalue weighted by Crippen LogP contribution is -2.49. The van der Waals surface area contributed by atoms with Crippen LogP contribution in [-0.4, -0.2) is 47.3 Å². The predicted molar refractivity (Wildman–Crippen MR) is 100 cm³/mol. The summed E-state index contributed by atoms with van der Waals surface area (Å²) in [5.74, 6) is 0.205. The number of piperidine rings is 1. The van der Waals surface area contributed by atoms with Crippen molar-refractivity contribution in [3.8, 4) is 0 Å². The Kier molecular flexibility index (Phi) is 8.47. The molecule has 9 heteroatoms. The van der Waals surface area contributed by atoms with Gasteiger partial charge in [-0.05, 0) is 30.9 Å². The summed E-state index contributed by atoms with van der Waals surface area (Å²) in [5, 5.41) is 13.3. The van der Waals surface area contributed by atoms with E-state index in [4.69, 9.17) is 5.73 Å². The summed E-state index contributed by atoms with van der Waals surface area (Å²) in [4.78, 5) is 36.3. The van der Waals surface area contributed by atoms with Crippen molar-refractivity contribution in [1.29, 1.82) is 0 Å². The molecule has 1 fully saturated rings. The molecule has 2 amide bonds. The molecule has 0 aromatic heterocycles. The Balaban J connectivity index is 0.00000338. The van der Waals surface area contributed by atoms with Crippen molar-refractivity contribution in [3.05, 3.63) is 39.9 Å². The van der Waals surface area contributed by atoms with E-state index in [9.17, 15) is 19.7 Å². The zero-order valence-electron chi connectivity index (χ0n) is 14.7. The number of nitrogens with one attached hydrogen (secondary N) is 1. The highest BCUT2D eigenvalue weighted by atomic mass is 35.5. The van der Waals surface area contributed by atoms with Gasteiger partial charge in [0.15, 0.2) is 0 Å². The topological polar surface area (TPSA) is 119 Å². The first kappa shape index (κ1) is 21.9. The SMILES string of the molecule is CC1CCN(C(=O)CCNC(=O)c2ccc([N+](=O)[O-])cc2)C(CN)C1.Cl. The standard InChI is InChI=1S/C17H24N4O4.ClH/c1-12-7-9-20(15(10-12)11-18)16(22)6-8-19-17(23)13-2-4-14(5-3-13)21(24)25;/h2-5,12,15H,6-11,18H2,1H3,(H,19,23);1H. The number of halogens is 1. The monoisotopic (exact) mass is 384 g/mol. The van der Waals surface area contributed by atoms with E-state index in [1.165, 1.54) is 24.3 Å². The van der Waals surface area contributed by atoms with Crippen LogP contribution in [0.2, 0.25) is 0 Å². The maximum absolute atomic E-state index is 12.4. The molecule has 3 N–H and O–H groups in total. The maximum atomic E-state index is 12.4. The van der Waals surface area contributed by atoms with E-state index in [1.54, 1.807) is 0 Å². The van der Waals surface area contributed by atoms with Crippen LogP contribution < -0.4 is 11.1 Å². The second-order valence-electron chi connectivity index (χ2n) is 6.42. The number of hydrogen-bond donors (Lipinski definition) is 2. The Bertz CT molecular complexity index is 638. The van der Waals surface area contributed by atoms with Crippen molar-refractivity contribution in [1.82, 2.24) is 10.2 Å². The summed E-state index contributed by atoms with van der Waals surface area (Å²) < 4.78 is 0. The van der Waals surface area contributed by atoms with E-state index < -0.39 is 4.92 Å². The first-order valence-electron chi connectivity index (χ1n) is 8.44. The zero-order chi connectivity index (χ0) is 18.4.